The van der Waals surface area contributed by atoms with Crippen molar-refractivity contribution in [1.29, 1.82) is 5.26 Å². The molecule has 1 aromatic heterocycles. The van der Waals surface area contributed by atoms with E-state index in [1.165, 1.54) is 24.3 Å². The summed E-state index contributed by atoms with van der Waals surface area (Å²) >= 11 is 1.37. The molecule has 0 bridgehead atoms. The fraction of sp³-hybridized carbons (Fsp3) is 0.375. The van der Waals surface area contributed by atoms with Gasteiger partial charge < -0.3 is 5.11 Å². The number of aliphatic hydroxyl groups is 1. The van der Waals surface area contributed by atoms with E-state index in [1.807, 2.05) is 13.0 Å². The molecule has 0 aromatic carbocycles. The van der Waals surface area contributed by atoms with Crippen molar-refractivity contribution in [2.45, 2.75) is 17.2 Å². The molecule has 1 heterocycles. The lowest BCUT2D eigenvalue weighted by molar-refractivity contribution is 0.300. The first-order valence-electron chi connectivity index (χ1n) is 3.75. The lowest BCUT2D eigenvalue weighted by Gasteiger charge is -2.06. The van der Waals surface area contributed by atoms with Gasteiger partial charge in [-0.15, -0.1) is 0 Å². The number of hydrogen-bond acceptors (Lipinski definition) is 5. The molecule has 0 spiro atoms. The van der Waals surface area contributed by atoms with Gasteiger partial charge in [-0.2, -0.15) is 5.26 Å². The summed E-state index contributed by atoms with van der Waals surface area (Å²) in [5.74, 6) is 0. The van der Waals surface area contributed by atoms with E-state index in [-0.39, 0.29) is 11.9 Å². The van der Waals surface area contributed by atoms with Gasteiger partial charge >= 0.3 is 0 Å². The zero-order valence-electron chi connectivity index (χ0n) is 7.14. The molecule has 0 saturated carbocycles. The van der Waals surface area contributed by atoms with Crippen molar-refractivity contribution in [2.75, 3.05) is 6.61 Å². The molecule has 0 saturated heterocycles. The summed E-state index contributed by atoms with van der Waals surface area (Å²) in [5.41, 5.74) is 0.452. The van der Waals surface area contributed by atoms with Gasteiger partial charge in [0.15, 0.2) is 0 Å². The molecule has 4 nitrogen and oxygen atoms in total. The molecule has 0 aliphatic rings. The van der Waals surface area contributed by atoms with Crippen molar-refractivity contribution in [2.24, 2.45) is 0 Å². The van der Waals surface area contributed by atoms with Crippen LogP contribution in [-0.4, -0.2) is 26.9 Å². The highest BCUT2D eigenvalue weighted by molar-refractivity contribution is 7.99. The Morgan fingerprint density at radius 3 is 3.15 bits per heavy atom. The third-order valence-electron chi connectivity index (χ3n) is 1.37. The molecule has 0 amide bonds. The summed E-state index contributed by atoms with van der Waals surface area (Å²) in [5, 5.41) is 18.2. The van der Waals surface area contributed by atoms with E-state index in [9.17, 15) is 0 Å². The molecule has 0 fully saturated rings. The number of aromatic nitrogens is 2. The van der Waals surface area contributed by atoms with Crippen LogP contribution in [0, 0.1) is 11.3 Å². The molecule has 0 aliphatic heterocycles. The number of rotatable bonds is 3. The smallest absolute Gasteiger partial charge is 0.118 e. The normalized spacial score (nSPS) is 12.1. The molecule has 1 unspecified atom stereocenters. The summed E-state index contributed by atoms with van der Waals surface area (Å²) in [6, 6.07) is 2.00. The minimum atomic E-state index is 0.0435. The van der Waals surface area contributed by atoms with Gasteiger partial charge in [-0.25, -0.2) is 9.97 Å². The monoisotopic (exact) mass is 195 g/mol. The van der Waals surface area contributed by atoms with Gasteiger partial charge in [-0.05, 0) is 0 Å². The van der Waals surface area contributed by atoms with Crippen LogP contribution >= 0.6 is 11.8 Å². The minimum Gasteiger partial charge on any atom is -0.395 e. The van der Waals surface area contributed by atoms with E-state index in [1.54, 1.807) is 0 Å². The van der Waals surface area contributed by atoms with Gasteiger partial charge in [0.2, 0.25) is 0 Å². The average Bonchev–Trinajstić information content (AvgIpc) is 2.18. The van der Waals surface area contributed by atoms with Crippen LogP contribution in [0.2, 0.25) is 0 Å². The number of nitriles is 1. The van der Waals surface area contributed by atoms with Crippen molar-refractivity contribution in [1.82, 2.24) is 9.97 Å². The van der Waals surface area contributed by atoms with E-state index in [0.29, 0.717) is 10.6 Å². The van der Waals surface area contributed by atoms with Crippen LogP contribution in [0.25, 0.3) is 0 Å². The molecule has 0 radical (unpaired) electrons. The Morgan fingerprint density at radius 1 is 1.77 bits per heavy atom. The number of thioether (sulfide) groups is 1. The van der Waals surface area contributed by atoms with Crippen molar-refractivity contribution in [3.8, 4) is 6.07 Å². The van der Waals surface area contributed by atoms with Gasteiger partial charge in [0, 0.05) is 11.4 Å². The second-order valence-electron chi connectivity index (χ2n) is 2.46. The largest absolute Gasteiger partial charge is 0.395 e. The van der Waals surface area contributed by atoms with Crippen molar-refractivity contribution >= 4 is 11.8 Å². The first kappa shape index (κ1) is 9.96. The molecule has 0 aliphatic carbocycles. The third kappa shape index (κ3) is 2.68. The maximum Gasteiger partial charge on any atom is 0.118 e. The highest BCUT2D eigenvalue weighted by Gasteiger charge is 2.08. The van der Waals surface area contributed by atoms with Gasteiger partial charge in [0.25, 0.3) is 0 Å². The predicted molar refractivity (Wildman–Crippen MR) is 49.2 cm³/mol. The number of hydrogen-bond donors (Lipinski definition) is 1. The minimum absolute atomic E-state index is 0.0435. The van der Waals surface area contributed by atoms with Gasteiger partial charge in [-0.3, -0.25) is 0 Å². The standard InChI is InChI=1S/C8H9N3OS/c1-6(4-12)13-8-7(2-9)3-10-5-11-8/h3,5-6,12H,4H2,1H3. The predicted octanol–water partition coefficient (Wildman–Crippen LogP) is 0.821. The topological polar surface area (TPSA) is 69.8 Å². The molecule has 68 valence electrons. The maximum absolute atomic E-state index is 8.81. The first-order valence-corrected chi connectivity index (χ1v) is 4.63. The van der Waals surface area contributed by atoms with Crippen molar-refractivity contribution in [3.63, 3.8) is 0 Å². The Bertz CT molecular complexity index is 323. The highest BCUT2D eigenvalue weighted by Crippen LogP contribution is 2.22. The Balaban J connectivity index is 2.82. The summed E-state index contributed by atoms with van der Waals surface area (Å²) in [6.45, 7) is 1.94. The Morgan fingerprint density at radius 2 is 2.54 bits per heavy atom. The molecular formula is C8H9N3OS. The molecule has 5 heteroatoms. The number of nitrogens with zero attached hydrogens (tertiary/aromatic N) is 3. The van der Waals surface area contributed by atoms with E-state index in [2.05, 4.69) is 9.97 Å². The van der Waals surface area contributed by atoms with Gasteiger partial charge in [0.05, 0.1) is 6.61 Å². The number of aliphatic hydroxyl groups excluding tert-OH is 1. The van der Waals surface area contributed by atoms with Gasteiger partial charge in [-0.1, -0.05) is 18.7 Å². The molecule has 1 N–H and O–H groups in total. The lowest BCUT2D eigenvalue weighted by atomic mass is 10.4. The highest BCUT2D eigenvalue weighted by atomic mass is 32.2. The fourth-order valence-corrected chi connectivity index (χ4v) is 1.51. The van der Waals surface area contributed by atoms with E-state index in [0.717, 1.165) is 0 Å². The lowest BCUT2D eigenvalue weighted by Crippen LogP contribution is -2.03. The maximum atomic E-state index is 8.81. The molecule has 1 atom stereocenters. The van der Waals surface area contributed by atoms with Crippen molar-refractivity contribution in [3.05, 3.63) is 18.1 Å². The van der Waals surface area contributed by atoms with Gasteiger partial charge in [0.1, 0.15) is 23.0 Å². The SMILES string of the molecule is CC(CO)Sc1ncncc1C#N. The van der Waals surface area contributed by atoms with E-state index in [4.69, 9.17) is 10.4 Å². The summed E-state index contributed by atoms with van der Waals surface area (Å²) < 4.78 is 0. The molecule has 1 aromatic rings. The fourth-order valence-electron chi connectivity index (χ4n) is 0.717. The molecule has 1 rings (SSSR count). The van der Waals surface area contributed by atoms with Crippen LogP contribution in [0.15, 0.2) is 17.6 Å². The van der Waals surface area contributed by atoms with Crippen LogP contribution in [0.1, 0.15) is 12.5 Å². The third-order valence-corrected chi connectivity index (χ3v) is 2.47. The van der Waals surface area contributed by atoms with E-state index < -0.39 is 0 Å². The Hall–Kier alpha value is -1.12. The second kappa shape index (κ2) is 4.80. The van der Waals surface area contributed by atoms with Crippen molar-refractivity contribution < 1.29 is 5.11 Å². The Kier molecular flexibility index (Phi) is 3.68. The van der Waals surface area contributed by atoms with Crippen LogP contribution in [0.4, 0.5) is 0 Å². The van der Waals surface area contributed by atoms with Crippen LogP contribution in [-0.2, 0) is 0 Å². The average molecular weight is 195 g/mol. The van der Waals surface area contributed by atoms with Crippen LogP contribution in [0.5, 0.6) is 0 Å². The summed E-state index contributed by atoms with van der Waals surface area (Å²) in [4.78, 5) is 7.70. The zero-order valence-corrected chi connectivity index (χ0v) is 7.95. The summed E-state index contributed by atoms with van der Waals surface area (Å²) in [7, 11) is 0. The Labute approximate surface area is 80.6 Å². The van der Waals surface area contributed by atoms with E-state index >= 15 is 0 Å². The molecule has 13 heavy (non-hydrogen) atoms. The molecular weight excluding hydrogens is 186 g/mol. The first-order chi connectivity index (χ1) is 6.27. The zero-order chi connectivity index (χ0) is 9.68. The van der Waals surface area contributed by atoms with Crippen LogP contribution < -0.4 is 0 Å². The quantitative estimate of drug-likeness (QED) is 0.571. The summed E-state index contributed by atoms with van der Waals surface area (Å²) in [6.07, 6.45) is 2.87. The second-order valence-corrected chi connectivity index (χ2v) is 3.89. The van der Waals surface area contributed by atoms with Crippen LogP contribution in [0.3, 0.4) is 0 Å².